The average molecular weight is 1410 g/mol. The fourth-order valence-corrected chi connectivity index (χ4v) is 11.6. The Labute approximate surface area is 578 Å². The molecule has 10 N–H and O–H groups in total. The molecule has 5 aromatic carbocycles. The molecular weight excluding hydrogens is 1330 g/mol. The number of carbonyl (C=O) groups is 3. The summed E-state index contributed by atoms with van der Waals surface area (Å²) in [6, 6.07) is 43.1. The van der Waals surface area contributed by atoms with Gasteiger partial charge in [-0.2, -0.15) is 0 Å². The summed E-state index contributed by atoms with van der Waals surface area (Å²) in [6.07, 6.45) is 11.5. The molecule has 0 aliphatic heterocycles. The van der Waals surface area contributed by atoms with Crippen LogP contribution < -0.4 is 0 Å². The van der Waals surface area contributed by atoms with E-state index in [0.29, 0.717) is 85.4 Å². The highest BCUT2D eigenvalue weighted by molar-refractivity contribution is 7.91. The first-order valence-electron chi connectivity index (χ1n) is 31.3. The van der Waals surface area contributed by atoms with Gasteiger partial charge in [-0.15, -0.1) is 25.5 Å². The van der Waals surface area contributed by atoms with Gasteiger partial charge in [-0.05, 0) is 42.3 Å². The highest BCUT2D eigenvalue weighted by Gasteiger charge is 2.20. The molecule has 0 aliphatic rings. The summed E-state index contributed by atoms with van der Waals surface area (Å²) in [5.74, 6) is 0.201. The second-order valence-electron chi connectivity index (χ2n) is 22.5. The second-order valence-corrected chi connectivity index (χ2v) is 26.7. The number of hydrogen-bond acceptors (Lipinski definition) is 27. The molecule has 0 fully saturated rings. The highest BCUT2D eigenvalue weighted by atomic mass is 32.2. The molecule has 0 amide bonds. The Bertz CT molecular complexity index is 4170. The lowest BCUT2D eigenvalue weighted by Crippen LogP contribution is -2.20. The third-order valence-corrected chi connectivity index (χ3v) is 17.4. The zero-order valence-electron chi connectivity index (χ0n) is 54.5. The van der Waals surface area contributed by atoms with Crippen LogP contribution in [0, 0.1) is 6.92 Å². The van der Waals surface area contributed by atoms with Gasteiger partial charge in [-0.3, -0.25) is 37.8 Å². The third kappa shape index (κ3) is 30.8. The zero-order chi connectivity index (χ0) is 72.5. The Morgan fingerprint density at radius 2 is 0.620 bits per heavy atom. The predicted octanol–water partition coefficient (Wildman–Crippen LogP) is -0.904. The van der Waals surface area contributed by atoms with Crippen LogP contribution in [0.3, 0.4) is 0 Å². The molecule has 524 valence electrons. The van der Waals surface area contributed by atoms with Crippen molar-refractivity contribution in [1.29, 1.82) is 0 Å². The summed E-state index contributed by atoms with van der Waals surface area (Å²) in [5.41, 5.74) is 6.68. The summed E-state index contributed by atoms with van der Waals surface area (Å²) < 4.78 is 55.0. The minimum Gasteiger partial charge on any atom is -0.426 e. The first-order valence-corrected chi connectivity index (χ1v) is 34.6. The van der Waals surface area contributed by atoms with Crippen molar-refractivity contribution < 1.29 is 81.5 Å². The maximum atomic E-state index is 12.2. The quantitative estimate of drug-likeness (QED) is 0.0180. The fraction of sp³-hybridized carbons (Fsp3) is 0.295. The molecule has 0 saturated heterocycles. The van der Waals surface area contributed by atoms with E-state index in [4.69, 9.17) is 50.2 Å². The van der Waals surface area contributed by atoms with E-state index in [-0.39, 0.29) is 83.7 Å². The number of carbonyl (C=O) groups excluding carboxylic acids is 3. The zero-order valence-corrected chi connectivity index (χ0v) is 56.1. The minimum absolute atomic E-state index is 0.0229. The largest absolute Gasteiger partial charge is 0.474 e. The van der Waals surface area contributed by atoms with Crippen molar-refractivity contribution in [1.82, 2.24) is 75.0 Å². The Kier molecular flexibility index (Phi) is 32.9. The molecule has 0 unspecified atom stereocenters. The van der Waals surface area contributed by atoms with Crippen molar-refractivity contribution in [3.8, 4) is 0 Å². The number of Topliss-reactive ketones (excluding diaryl/α,β-unsaturated/α-hetero) is 3. The van der Waals surface area contributed by atoms with E-state index in [1.54, 1.807) is 85.3 Å². The molecule has 10 aromatic rings. The van der Waals surface area contributed by atoms with Crippen LogP contribution in [0.2, 0.25) is 0 Å². The lowest BCUT2D eigenvalue weighted by molar-refractivity contribution is -0.119. The van der Waals surface area contributed by atoms with E-state index in [1.807, 2.05) is 85.8 Å². The molecule has 39 heteroatoms. The van der Waals surface area contributed by atoms with Crippen LogP contribution in [0.1, 0.15) is 74.8 Å². The number of nitrogens with zero attached hydrogens (tertiary/aromatic N) is 15. The van der Waals surface area contributed by atoms with E-state index in [0.717, 1.165) is 16.7 Å². The van der Waals surface area contributed by atoms with Crippen molar-refractivity contribution >= 4 is 72.6 Å². The highest BCUT2D eigenvalue weighted by Crippen LogP contribution is 2.16. The van der Waals surface area contributed by atoms with Crippen LogP contribution in [0.4, 0.5) is 0 Å². The number of benzene rings is 5. The standard InChI is InChI=1S/2C13H16BN3O3.C12H16BN3O4S.C12H14BN3O3.C11H14BN3O4S/c2*18-13(8-11-4-2-1-3-5-11)7-6-12-9-17(16-15-12)10-14(19)20;1-10-2-4-12(5-3-10)21(19,20)7-6-11-8-16(15-14-11)9-13(17)18;17-12(10-4-2-1-3-5-10)7-6-11-8-16(15-14-11)9-13(18)19;16-12(17)9-15-8-10(13-14-15)6-7-20(18,19)11-4-2-1-3-5-11/h2*1-5,9,19-20H,6-8,10H2;2-5,8,17-18H,6-7,9H2,1H3;1-5,8,18-19H,6-7,9H2;1-5,8,16-17H,6-7,9H2. The molecule has 10 rings (SSSR count). The van der Waals surface area contributed by atoms with Crippen molar-refractivity contribution in [2.45, 2.75) is 113 Å². The summed E-state index contributed by atoms with van der Waals surface area (Å²) in [5, 5.41) is 126. The maximum absolute atomic E-state index is 12.2. The van der Waals surface area contributed by atoms with E-state index in [2.05, 4.69) is 51.6 Å². The van der Waals surface area contributed by atoms with Crippen molar-refractivity contribution in [2.75, 3.05) is 11.5 Å². The van der Waals surface area contributed by atoms with Crippen LogP contribution in [0.25, 0.3) is 0 Å². The predicted molar refractivity (Wildman–Crippen MR) is 366 cm³/mol. The van der Waals surface area contributed by atoms with Gasteiger partial charge >= 0.3 is 35.6 Å². The lowest BCUT2D eigenvalue weighted by atomic mass is 9.93. The first-order chi connectivity index (χ1) is 47.7. The van der Waals surface area contributed by atoms with Crippen LogP contribution >= 0.6 is 0 Å². The van der Waals surface area contributed by atoms with Crippen LogP contribution in [-0.4, -0.2) is 206 Å². The monoisotopic (exact) mass is 1410 g/mol. The van der Waals surface area contributed by atoms with Crippen LogP contribution in [0.15, 0.2) is 186 Å². The fourth-order valence-electron chi connectivity index (χ4n) is 9.00. The van der Waals surface area contributed by atoms with Crippen molar-refractivity contribution in [3.05, 3.63) is 227 Å². The number of aromatic nitrogens is 15. The van der Waals surface area contributed by atoms with E-state index < -0.39 is 55.3 Å². The van der Waals surface area contributed by atoms with Gasteiger partial charge in [-0.25, -0.2) is 16.8 Å². The topological polar surface area (TPSA) is 475 Å². The Morgan fingerprint density at radius 3 is 0.930 bits per heavy atom. The number of ketones is 3. The Balaban J connectivity index is 0.000000197. The van der Waals surface area contributed by atoms with Gasteiger partial charge in [0.05, 0.1) is 82.0 Å². The molecule has 0 spiro atoms. The maximum Gasteiger partial charge on any atom is 0.474 e. The van der Waals surface area contributed by atoms with Crippen molar-refractivity contribution in [3.63, 3.8) is 0 Å². The van der Waals surface area contributed by atoms with Gasteiger partial charge in [0.1, 0.15) is 11.6 Å². The number of hydrogen-bond donors (Lipinski definition) is 10. The normalized spacial score (nSPS) is 10.9. The Morgan fingerprint density at radius 1 is 0.350 bits per heavy atom. The van der Waals surface area contributed by atoms with E-state index >= 15 is 0 Å². The van der Waals surface area contributed by atoms with Crippen LogP contribution in [0.5, 0.6) is 0 Å². The molecule has 0 bridgehead atoms. The molecule has 0 aliphatic carbocycles. The minimum atomic E-state index is -3.36. The number of aryl methyl sites for hydroxylation is 6. The van der Waals surface area contributed by atoms with Gasteiger partial charge in [0.25, 0.3) is 0 Å². The van der Waals surface area contributed by atoms with E-state index in [1.165, 1.54) is 35.8 Å². The molecule has 32 nitrogen and oxygen atoms in total. The molecule has 100 heavy (non-hydrogen) atoms. The molecule has 0 atom stereocenters. The molecular formula is C61H76B5N15O17S2. The van der Waals surface area contributed by atoms with E-state index in [9.17, 15) is 31.2 Å². The number of rotatable bonds is 32. The van der Waals surface area contributed by atoms with Gasteiger partial charge in [-0.1, -0.05) is 153 Å². The second kappa shape index (κ2) is 41.3. The summed E-state index contributed by atoms with van der Waals surface area (Å²) in [4.78, 5) is 36.1. The summed E-state index contributed by atoms with van der Waals surface area (Å²) >= 11 is 0. The first kappa shape index (κ1) is 79.6. The van der Waals surface area contributed by atoms with Crippen LogP contribution in [-0.2, 0) is 106 Å². The Hall–Kier alpha value is -9.37. The van der Waals surface area contributed by atoms with Gasteiger partial charge in [0.15, 0.2) is 25.5 Å². The summed E-state index contributed by atoms with van der Waals surface area (Å²) in [7, 11) is -14.1. The van der Waals surface area contributed by atoms with Gasteiger partial charge < -0.3 is 50.2 Å². The molecule has 0 saturated carbocycles. The van der Waals surface area contributed by atoms with Gasteiger partial charge in [0.2, 0.25) is 0 Å². The van der Waals surface area contributed by atoms with Crippen molar-refractivity contribution in [2.24, 2.45) is 0 Å². The smallest absolute Gasteiger partial charge is 0.426 e. The summed E-state index contributed by atoms with van der Waals surface area (Å²) in [6.45, 7) is 1.89. The van der Waals surface area contributed by atoms with Gasteiger partial charge in [0, 0.05) is 101 Å². The molecule has 0 radical (unpaired) electrons. The SMILES string of the molecule is Cc1ccc(S(=O)(=O)CCc2cn(CB(O)O)nn2)cc1.O=C(CCc1cn(CB(O)O)nn1)Cc1ccccc1.O=C(CCc1cn(CB(O)O)nn1)Cc1ccccc1.O=C(CCc1cn(CB(O)O)nn1)c1ccccc1.O=S(=O)(CCc1cn(CB(O)O)nn1)c1ccccc1. The molecule has 5 aromatic heterocycles. The molecule has 5 heterocycles. The number of sulfone groups is 2. The lowest BCUT2D eigenvalue weighted by Gasteiger charge is -2.03. The average Bonchev–Trinajstić information content (AvgIpc) is 0.873. The third-order valence-electron chi connectivity index (χ3n) is 13.9.